The molecule has 0 bridgehead atoms. The zero-order chi connectivity index (χ0) is 16.9. The van der Waals surface area contributed by atoms with E-state index in [1.807, 2.05) is 0 Å². The zero-order valence-electron chi connectivity index (χ0n) is 13.7. The van der Waals surface area contributed by atoms with Gasteiger partial charge in [-0.1, -0.05) is 6.07 Å². The second-order valence-electron chi connectivity index (χ2n) is 5.90. The maximum Gasteiger partial charge on any atom is 0.255 e. The van der Waals surface area contributed by atoms with E-state index in [-0.39, 0.29) is 11.6 Å². The van der Waals surface area contributed by atoms with Gasteiger partial charge in [0, 0.05) is 24.3 Å². The fourth-order valence-electron chi connectivity index (χ4n) is 2.92. The number of rotatable bonds is 4. The van der Waals surface area contributed by atoms with Gasteiger partial charge in [-0.2, -0.15) is 0 Å². The van der Waals surface area contributed by atoms with Gasteiger partial charge in [0.15, 0.2) is 0 Å². The molecule has 0 spiro atoms. The molecule has 0 unspecified atom stereocenters. The standard InChI is InChI=1S/C19H21FN2O2/c1-24-16-7-5-6-14(12-16)19(23)21-18-13-15(8-9-17(18)20)22-10-3-2-4-11-22/h5-9,12-13H,2-4,10-11H2,1H3,(H,21,23). The fraction of sp³-hybridized carbons (Fsp3) is 0.316. The molecule has 1 N–H and O–H groups in total. The summed E-state index contributed by atoms with van der Waals surface area (Å²) in [5.74, 6) is -0.208. The first-order valence-corrected chi connectivity index (χ1v) is 8.17. The third-order valence-electron chi connectivity index (χ3n) is 4.25. The van der Waals surface area contributed by atoms with Gasteiger partial charge in [0.2, 0.25) is 0 Å². The summed E-state index contributed by atoms with van der Waals surface area (Å²) in [6.45, 7) is 1.93. The molecule has 1 amide bonds. The van der Waals surface area contributed by atoms with Crippen LogP contribution in [0, 0.1) is 5.82 Å². The lowest BCUT2D eigenvalue weighted by atomic mass is 10.1. The van der Waals surface area contributed by atoms with Crippen LogP contribution in [0.4, 0.5) is 15.8 Å². The van der Waals surface area contributed by atoms with Gasteiger partial charge in [0.1, 0.15) is 11.6 Å². The maximum absolute atomic E-state index is 14.1. The molecule has 1 heterocycles. The Bertz CT molecular complexity index is 727. The highest BCUT2D eigenvalue weighted by atomic mass is 19.1. The Balaban J connectivity index is 1.79. The van der Waals surface area contributed by atoms with Crippen LogP contribution < -0.4 is 15.0 Å². The lowest BCUT2D eigenvalue weighted by molar-refractivity contribution is 0.102. The molecule has 0 aliphatic carbocycles. The number of anilines is 2. The monoisotopic (exact) mass is 328 g/mol. The maximum atomic E-state index is 14.1. The van der Waals surface area contributed by atoms with Crippen molar-refractivity contribution in [1.82, 2.24) is 0 Å². The Labute approximate surface area is 141 Å². The molecule has 1 fully saturated rings. The van der Waals surface area contributed by atoms with Crippen molar-refractivity contribution in [2.45, 2.75) is 19.3 Å². The van der Waals surface area contributed by atoms with Crippen molar-refractivity contribution in [2.75, 3.05) is 30.4 Å². The van der Waals surface area contributed by atoms with Crippen LogP contribution in [0.25, 0.3) is 0 Å². The van der Waals surface area contributed by atoms with Crippen LogP contribution in [0.2, 0.25) is 0 Å². The Morgan fingerprint density at radius 2 is 1.92 bits per heavy atom. The summed E-state index contributed by atoms with van der Waals surface area (Å²) in [5, 5.41) is 2.66. The molecular formula is C19H21FN2O2. The van der Waals surface area contributed by atoms with Gasteiger partial charge in [-0.3, -0.25) is 4.79 Å². The number of benzene rings is 2. The van der Waals surface area contributed by atoms with Crippen molar-refractivity contribution in [1.29, 1.82) is 0 Å². The smallest absolute Gasteiger partial charge is 0.255 e. The summed E-state index contributed by atoms with van der Waals surface area (Å²) in [4.78, 5) is 14.6. The van der Waals surface area contributed by atoms with E-state index in [4.69, 9.17) is 4.74 Å². The van der Waals surface area contributed by atoms with E-state index in [1.165, 1.54) is 12.5 Å². The Kier molecular flexibility index (Phi) is 4.99. The van der Waals surface area contributed by atoms with Crippen LogP contribution in [0.5, 0.6) is 5.75 Å². The predicted molar refractivity (Wildman–Crippen MR) is 93.4 cm³/mol. The van der Waals surface area contributed by atoms with Crippen molar-refractivity contribution >= 4 is 17.3 Å². The summed E-state index contributed by atoms with van der Waals surface area (Å²) in [5.41, 5.74) is 1.57. The van der Waals surface area contributed by atoms with Crippen LogP contribution in [0.1, 0.15) is 29.6 Å². The third kappa shape index (κ3) is 3.67. The lowest BCUT2D eigenvalue weighted by Crippen LogP contribution is -2.29. The van der Waals surface area contributed by atoms with Crippen LogP contribution in [0.15, 0.2) is 42.5 Å². The molecule has 0 atom stereocenters. The van der Waals surface area contributed by atoms with Crippen LogP contribution >= 0.6 is 0 Å². The number of hydrogen-bond donors (Lipinski definition) is 1. The number of carbonyl (C=O) groups is 1. The second kappa shape index (κ2) is 7.34. The summed E-state index contributed by atoms with van der Waals surface area (Å²) in [6, 6.07) is 11.7. The first kappa shape index (κ1) is 16.3. The summed E-state index contributed by atoms with van der Waals surface area (Å²) >= 11 is 0. The Hall–Kier alpha value is -2.56. The summed E-state index contributed by atoms with van der Waals surface area (Å²) < 4.78 is 19.2. The SMILES string of the molecule is COc1cccc(C(=O)Nc2cc(N3CCCCC3)ccc2F)c1. The molecule has 24 heavy (non-hydrogen) atoms. The van der Waals surface area contributed by atoms with Crippen LogP contribution in [-0.2, 0) is 0 Å². The van der Waals surface area contributed by atoms with Crippen molar-refractivity contribution in [3.05, 3.63) is 53.8 Å². The first-order valence-electron chi connectivity index (χ1n) is 8.17. The average Bonchev–Trinajstić information content (AvgIpc) is 2.64. The van der Waals surface area contributed by atoms with Crippen molar-refractivity contribution in [3.63, 3.8) is 0 Å². The van der Waals surface area contributed by atoms with Crippen molar-refractivity contribution in [3.8, 4) is 5.75 Å². The second-order valence-corrected chi connectivity index (χ2v) is 5.90. The largest absolute Gasteiger partial charge is 0.497 e. The number of halogens is 1. The van der Waals surface area contributed by atoms with E-state index in [0.29, 0.717) is 11.3 Å². The molecule has 1 aliphatic rings. The number of nitrogens with zero attached hydrogens (tertiary/aromatic N) is 1. The topological polar surface area (TPSA) is 41.6 Å². The summed E-state index contributed by atoms with van der Waals surface area (Å²) in [7, 11) is 1.54. The predicted octanol–water partition coefficient (Wildman–Crippen LogP) is 4.08. The van der Waals surface area contributed by atoms with Gasteiger partial charge >= 0.3 is 0 Å². The number of nitrogens with one attached hydrogen (secondary N) is 1. The molecular weight excluding hydrogens is 307 g/mol. The minimum atomic E-state index is -0.438. The summed E-state index contributed by atoms with van der Waals surface area (Å²) in [6.07, 6.45) is 3.52. The molecule has 2 aromatic rings. The van der Waals surface area contributed by atoms with E-state index in [1.54, 1.807) is 43.5 Å². The number of piperidine rings is 1. The average molecular weight is 328 g/mol. The van der Waals surface area contributed by atoms with Gasteiger partial charge < -0.3 is 15.0 Å². The van der Waals surface area contributed by atoms with E-state index in [2.05, 4.69) is 10.2 Å². The molecule has 4 nitrogen and oxygen atoms in total. The number of methoxy groups -OCH3 is 1. The Morgan fingerprint density at radius 3 is 2.67 bits per heavy atom. The van der Waals surface area contributed by atoms with Crippen LogP contribution in [-0.4, -0.2) is 26.1 Å². The number of hydrogen-bond acceptors (Lipinski definition) is 3. The highest BCUT2D eigenvalue weighted by Gasteiger charge is 2.15. The molecule has 0 aromatic heterocycles. The zero-order valence-corrected chi connectivity index (χ0v) is 13.7. The molecule has 1 aliphatic heterocycles. The molecule has 0 saturated carbocycles. The minimum Gasteiger partial charge on any atom is -0.497 e. The normalized spacial score (nSPS) is 14.3. The number of amides is 1. The number of ether oxygens (including phenoxy) is 1. The van der Waals surface area contributed by atoms with Gasteiger partial charge in [0.25, 0.3) is 5.91 Å². The first-order chi connectivity index (χ1) is 11.7. The van der Waals surface area contributed by atoms with Gasteiger partial charge in [0.05, 0.1) is 12.8 Å². The van der Waals surface area contributed by atoms with Gasteiger partial charge in [-0.05, 0) is 55.7 Å². The van der Waals surface area contributed by atoms with Crippen molar-refractivity contribution < 1.29 is 13.9 Å². The van der Waals surface area contributed by atoms with Crippen LogP contribution in [0.3, 0.4) is 0 Å². The molecule has 2 aromatic carbocycles. The highest BCUT2D eigenvalue weighted by molar-refractivity contribution is 6.04. The molecule has 126 valence electrons. The third-order valence-corrected chi connectivity index (χ3v) is 4.25. The van der Waals surface area contributed by atoms with E-state index in [0.717, 1.165) is 31.6 Å². The van der Waals surface area contributed by atoms with E-state index >= 15 is 0 Å². The van der Waals surface area contributed by atoms with Gasteiger partial charge in [-0.25, -0.2) is 4.39 Å². The molecule has 1 saturated heterocycles. The lowest BCUT2D eigenvalue weighted by Gasteiger charge is -2.29. The number of carbonyl (C=O) groups excluding carboxylic acids is 1. The molecule has 0 radical (unpaired) electrons. The molecule has 5 heteroatoms. The quantitative estimate of drug-likeness (QED) is 0.919. The van der Waals surface area contributed by atoms with Crippen molar-refractivity contribution in [2.24, 2.45) is 0 Å². The highest BCUT2D eigenvalue weighted by Crippen LogP contribution is 2.26. The van der Waals surface area contributed by atoms with Gasteiger partial charge in [-0.15, -0.1) is 0 Å². The van der Waals surface area contributed by atoms with E-state index in [9.17, 15) is 9.18 Å². The van der Waals surface area contributed by atoms with E-state index < -0.39 is 5.82 Å². The Morgan fingerprint density at radius 1 is 1.12 bits per heavy atom. The fourth-order valence-corrected chi connectivity index (χ4v) is 2.92. The molecule has 3 rings (SSSR count). The minimum absolute atomic E-state index is 0.200.